The number of pyridine rings is 1. The molecule has 7 heteroatoms. The first-order valence-electron chi connectivity index (χ1n) is 9.74. The van der Waals surface area contributed by atoms with Crippen LogP contribution in [0, 0.1) is 6.92 Å². The van der Waals surface area contributed by atoms with E-state index in [0.29, 0.717) is 11.3 Å². The Hall–Kier alpha value is -2.64. The molecular formula is C22H24N4O2S. The molecule has 6 nitrogen and oxygen atoms in total. The smallest absolute Gasteiger partial charge is 0.256 e. The molecular weight excluding hydrogens is 384 g/mol. The highest BCUT2D eigenvalue weighted by atomic mass is 32.2. The number of hydrogen-bond donors (Lipinski definition) is 0. The topological polar surface area (TPSA) is 62.5 Å². The van der Waals surface area contributed by atoms with E-state index >= 15 is 0 Å². The van der Waals surface area contributed by atoms with E-state index < -0.39 is 0 Å². The lowest BCUT2D eigenvalue weighted by Gasteiger charge is -2.35. The third-order valence-electron chi connectivity index (χ3n) is 4.94. The Bertz CT molecular complexity index is 952. The molecule has 4 rings (SSSR count). The van der Waals surface area contributed by atoms with Crippen LogP contribution >= 0.6 is 11.8 Å². The molecule has 0 aliphatic carbocycles. The van der Waals surface area contributed by atoms with Gasteiger partial charge in [-0.25, -0.2) is 4.98 Å². The van der Waals surface area contributed by atoms with Gasteiger partial charge in [0, 0.05) is 50.7 Å². The Kier molecular flexibility index (Phi) is 6.27. The second-order valence-corrected chi connectivity index (χ2v) is 8.09. The second kappa shape index (κ2) is 9.24. The maximum absolute atomic E-state index is 13.1. The number of piperazine rings is 1. The zero-order chi connectivity index (χ0) is 20.1. The van der Waals surface area contributed by atoms with E-state index in [1.807, 2.05) is 36.1 Å². The fraction of sp³-hybridized carbons (Fsp3) is 0.318. The van der Waals surface area contributed by atoms with Gasteiger partial charge >= 0.3 is 0 Å². The largest absolute Gasteiger partial charge is 0.361 e. The van der Waals surface area contributed by atoms with Crippen molar-refractivity contribution in [3.8, 4) is 0 Å². The van der Waals surface area contributed by atoms with E-state index in [4.69, 9.17) is 4.52 Å². The van der Waals surface area contributed by atoms with Gasteiger partial charge in [-0.2, -0.15) is 0 Å². The van der Waals surface area contributed by atoms with Crippen molar-refractivity contribution in [2.45, 2.75) is 24.2 Å². The van der Waals surface area contributed by atoms with Crippen molar-refractivity contribution in [1.82, 2.24) is 19.9 Å². The van der Waals surface area contributed by atoms with Gasteiger partial charge in [0.25, 0.3) is 5.91 Å². The number of aryl methyl sites for hydroxylation is 1. The molecule has 0 N–H and O–H groups in total. The van der Waals surface area contributed by atoms with Crippen molar-refractivity contribution in [3.05, 3.63) is 77.3 Å². The molecule has 1 amide bonds. The number of nitrogens with zero attached hydrogens (tertiary/aromatic N) is 4. The highest BCUT2D eigenvalue weighted by molar-refractivity contribution is 7.98. The third-order valence-corrected chi connectivity index (χ3v) is 5.98. The maximum Gasteiger partial charge on any atom is 0.256 e. The quantitative estimate of drug-likeness (QED) is 0.581. The summed E-state index contributed by atoms with van der Waals surface area (Å²) in [6, 6.07) is 16.1. The number of carbonyl (C=O) groups is 1. The van der Waals surface area contributed by atoms with Crippen LogP contribution in [0.15, 0.2) is 64.3 Å². The minimum absolute atomic E-state index is 0.0521. The molecule has 1 aromatic carbocycles. The maximum atomic E-state index is 13.1. The average molecular weight is 409 g/mol. The van der Waals surface area contributed by atoms with Gasteiger partial charge in [0.15, 0.2) is 0 Å². The van der Waals surface area contributed by atoms with Gasteiger partial charge in [-0.1, -0.05) is 47.3 Å². The Balaban J connectivity index is 1.36. The fourth-order valence-corrected chi connectivity index (χ4v) is 4.28. The van der Waals surface area contributed by atoms with E-state index in [2.05, 4.69) is 39.3 Å². The first-order valence-corrected chi connectivity index (χ1v) is 10.7. The number of rotatable bonds is 6. The molecule has 0 atom stereocenters. The first-order chi connectivity index (χ1) is 14.2. The lowest BCUT2D eigenvalue weighted by molar-refractivity contribution is 0.0624. The molecule has 0 spiro atoms. The van der Waals surface area contributed by atoms with Crippen LogP contribution in [0.4, 0.5) is 0 Å². The van der Waals surface area contributed by atoms with Crippen LogP contribution in [0.3, 0.4) is 0 Å². The minimum Gasteiger partial charge on any atom is -0.361 e. The van der Waals surface area contributed by atoms with Gasteiger partial charge < -0.3 is 9.42 Å². The van der Waals surface area contributed by atoms with E-state index in [1.54, 1.807) is 6.20 Å². The molecule has 1 aliphatic rings. The van der Waals surface area contributed by atoms with Gasteiger partial charge in [0.2, 0.25) is 0 Å². The molecule has 0 saturated carbocycles. The Morgan fingerprint density at radius 3 is 2.62 bits per heavy atom. The van der Waals surface area contributed by atoms with Crippen molar-refractivity contribution in [2.75, 3.05) is 26.2 Å². The standard InChI is InChI=1S/C22H24N4O2S/c1-17-14-19(24-28-17)16-29-21-20(8-5-9-23-21)22(27)26-12-10-25(11-13-26)15-18-6-3-2-4-7-18/h2-9,14H,10-13,15-16H2,1H3. The molecule has 2 aromatic heterocycles. The van der Waals surface area contributed by atoms with Gasteiger partial charge in [-0.3, -0.25) is 9.69 Å². The summed E-state index contributed by atoms with van der Waals surface area (Å²) >= 11 is 1.52. The first kappa shape index (κ1) is 19.7. The van der Waals surface area contributed by atoms with Crippen LogP contribution in [-0.4, -0.2) is 52.0 Å². The fourth-order valence-electron chi connectivity index (χ4n) is 3.42. The van der Waals surface area contributed by atoms with Gasteiger partial charge in [0.1, 0.15) is 10.8 Å². The van der Waals surface area contributed by atoms with Gasteiger partial charge in [-0.05, 0) is 24.6 Å². The van der Waals surface area contributed by atoms with E-state index in [0.717, 1.165) is 49.2 Å². The monoisotopic (exact) mass is 408 g/mol. The Morgan fingerprint density at radius 1 is 1.10 bits per heavy atom. The number of aromatic nitrogens is 2. The number of amides is 1. The van der Waals surface area contributed by atoms with Crippen LogP contribution in [0.25, 0.3) is 0 Å². The minimum atomic E-state index is 0.0521. The summed E-state index contributed by atoms with van der Waals surface area (Å²) in [6.45, 7) is 6.01. The zero-order valence-electron chi connectivity index (χ0n) is 16.5. The van der Waals surface area contributed by atoms with E-state index in [-0.39, 0.29) is 5.91 Å². The number of thioether (sulfide) groups is 1. The van der Waals surface area contributed by atoms with Gasteiger partial charge in [-0.15, -0.1) is 0 Å². The summed E-state index contributed by atoms with van der Waals surface area (Å²) in [5.41, 5.74) is 2.82. The summed E-state index contributed by atoms with van der Waals surface area (Å²) in [7, 11) is 0. The highest BCUT2D eigenvalue weighted by Crippen LogP contribution is 2.25. The number of carbonyl (C=O) groups excluding carboxylic acids is 1. The Morgan fingerprint density at radius 2 is 1.90 bits per heavy atom. The zero-order valence-corrected chi connectivity index (χ0v) is 17.3. The van der Waals surface area contributed by atoms with Crippen molar-refractivity contribution >= 4 is 17.7 Å². The second-order valence-electron chi connectivity index (χ2n) is 7.13. The van der Waals surface area contributed by atoms with E-state index in [1.165, 1.54) is 17.3 Å². The Labute approximate surface area is 174 Å². The molecule has 1 aliphatic heterocycles. The predicted molar refractivity (Wildman–Crippen MR) is 113 cm³/mol. The summed E-state index contributed by atoms with van der Waals surface area (Å²) in [5.74, 6) is 1.46. The summed E-state index contributed by atoms with van der Waals surface area (Å²) in [4.78, 5) is 21.9. The molecule has 150 valence electrons. The molecule has 0 unspecified atom stereocenters. The van der Waals surface area contributed by atoms with Crippen molar-refractivity contribution < 1.29 is 9.32 Å². The lowest BCUT2D eigenvalue weighted by Crippen LogP contribution is -2.48. The SMILES string of the molecule is Cc1cc(CSc2ncccc2C(=O)N2CCN(Cc3ccccc3)CC2)no1. The van der Waals surface area contributed by atoms with Crippen LogP contribution in [-0.2, 0) is 12.3 Å². The molecule has 3 heterocycles. The molecule has 29 heavy (non-hydrogen) atoms. The van der Waals surface area contributed by atoms with E-state index in [9.17, 15) is 4.79 Å². The summed E-state index contributed by atoms with van der Waals surface area (Å²) in [5, 5.41) is 4.75. The third kappa shape index (κ3) is 5.05. The number of benzene rings is 1. The molecule has 1 fully saturated rings. The average Bonchev–Trinajstić information content (AvgIpc) is 3.18. The molecule has 0 bridgehead atoms. The van der Waals surface area contributed by atoms with Gasteiger partial charge in [0.05, 0.1) is 11.3 Å². The molecule has 0 radical (unpaired) electrons. The number of hydrogen-bond acceptors (Lipinski definition) is 6. The van der Waals surface area contributed by atoms with Crippen molar-refractivity contribution in [1.29, 1.82) is 0 Å². The van der Waals surface area contributed by atoms with Crippen molar-refractivity contribution in [3.63, 3.8) is 0 Å². The predicted octanol–water partition coefficient (Wildman–Crippen LogP) is 3.63. The highest BCUT2D eigenvalue weighted by Gasteiger charge is 2.24. The van der Waals surface area contributed by atoms with Crippen LogP contribution in [0.2, 0.25) is 0 Å². The molecule has 3 aromatic rings. The summed E-state index contributed by atoms with van der Waals surface area (Å²) < 4.78 is 5.11. The van der Waals surface area contributed by atoms with Crippen LogP contribution < -0.4 is 0 Å². The van der Waals surface area contributed by atoms with Crippen molar-refractivity contribution in [2.24, 2.45) is 0 Å². The summed E-state index contributed by atoms with van der Waals surface area (Å²) in [6.07, 6.45) is 1.73. The van der Waals surface area contributed by atoms with Crippen LogP contribution in [0.1, 0.15) is 27.4 Å². The molecule has 1 saturated heterocycles. The normalized spacial score (nSPS) is 14.9. The van der Waals surface area contributed by atoms with Crippen LogP contribution in [0.5, 0.6) is 0 Å². The lowest BCUT2D eigenvalue weighted by atomic mass is 10.2.